The molecule has 3 fully saturated rings. The molecule has 0 radical (unpaired) electrons. The van der Waals surface area contributed by atoms with Crippen molar-refractivity contribution in [1.82, 2.24) is 10.2 Å². The number of carbonyl (C=O) groups excluding carboxylic acids is 1. The molecule has 3 rings (SSSR count). The van der Waals surface area contributed by atoms with E-state index in [1.54, 1.807) is 0 Å². The molecule has 3 nitrogen and oxygen atoms in total. The summed E-state index contributed by atoms with van der Waals surface area (Å²) in [5, 5.41) is 3.55. The second-order valence-electron chi connectivity index (χ2n) is 5.28. The summed E-state index contributed by atoms with van der Waals surface area (Å²) in [6.45, 7) is 1.98. The van der Waals surface area contributed by atoms with Crippen LogP contribution in [-0.4, -0.2) is 36.0 Å². The Morgan fingerprint density at radius 1 is 1.13 bits per heavy atom. The second-order valence-corrected chi connectivity index (χ2v) is 5.28. The Morgan fingerprint density at radius 2 is 1.93 bits per heavy atom. The largest absolute Gasteiger partial charge is 0.341 e. The summed E-state index contributed by atoms with van der Waals surface area (Å²) in [5.41, 5.74) is 0. The van der Waals surface area contributed by atoms with E-state index in [2.05, 4.69) is 5.32 Å². The molecule has 3 unspecified atom stereocenters. The van der Waals surface area contributed by atoms with Crippen molar-refractivity contribution in [2.24, 2.45) is 5.92 Å². The molecule has 1 saturated carbocycles. The predicted octanol–water partition coefficient (Wildman–Crippen LogP) is 1.14. The Labute approximate surface area is 91.2 Å². The Hall–Kier alpha value is -0.570. The van der Waals surface area contributed by atoms with Gasteiger partial charge in [-0.05, 0) is 31.6 Å². The fraction of sp³-hybridized carbons (Fsp3) is 0.917. The smallest absolute Gasteiger partial charge is 0.239 e. The van der Waals surface area contributed by atoms with Crippen LogP contribution in [-0.2, 0) is 4.79 Å². The van der Waals surface area contributed by atoms with Crippen LogP contribution in [0, 0.1) is 5.92 Å². The van der Waals surface area contributed by atoms with Gasteiger partial charge >= 0.3 is 0 Å². The van der Waals surface area contributed by atoms with Crippen molar-refractivity contribution in [3.8, 4) is 0 Å². The average molecular weight is 208 g/mol. The standard InChI is InChI=1S/C12H20N2O/c15-12(14-6-3-7-14)11-8-9-4-1-2-5-10(9)13-11/h9-11,13H,1-8H2. The highest BCUT2D eigenvalue weighted by Gasteiger charge is 2.40. The molecule has 0 spiro atoms. The Morgan fingerprint density at radius 3 is 2.60 bits per heavy atom. The van der Waals surface area contributed by atoms with Crippen LogP contribution in [0.3, 0.4) is 0 Å². The summed E-state index contributed by atoms with van der Waals surface area (Å²) in [5.74, 6) is 1.16. The fourth-order valence-corrected chi connectivity index (χ4v) is 3.27. The van der Waals surface area contributed by atoms with E-state index < -0.39 is 0 Å². The molecule has 1 N–H and O–H groups in total. The van der Waals surface area contributed by atoms with E-state index in [4.69, 9.17) is 0 Å². The molecule has 0 bridgehead atoms. The predicted molar refractivity (Wildman–Crippen MR) is 58.5 cm³/mol. The van der Waals surface area contributed by atoms with Gasteiger partial charge in [0, 0.05) is 19.1 Å². The molecule has 1 aliphatic carbocycles. The number of hydrogen-bond donors (Lipinski definition) is 1. The lowest BCUT2D eigenvalue weighted by molar-refractivity contribution is -0.136. The molecular weight excluding hydrogens is 188 g/mol. The first-order chi connectivity index (χ1) is 7.34. The summed E-state index contributed by atoms with van der Waals surface area (Å²) in [6.07, 6.45) is 7.63. The highest BCUT2D eigenvalue weighted by atomic mass is 16.2. The molecule has 3 atom stereocenters. The van der Waals surface area contributed by atoms with Gasteiger partial charge in [-0.2, -0.15) is 0 Å². The maximum absolute atomic E-state index is 12.0. The zero-order chi connectivity index (χ0) is 10.3. The van der Waals surface area contributed by atoms with Crippen LogP contribution in [0.4, 0.5) is 0 Å². The van der Waals surface area contributed by atoms with E-state index in [1.165, 1.54) is 32.1 Å². The van der Waals surface area contributed by atoms with Crippen LogP contribution in [0.1, 0.15) is 38.5 Å². The highest BCUT2D eigenvalue weighted by molar-refractivity contribution is 5.83. The van der Waals surface area contributed by atoms with Gasteiger partial charge in [0.25, 0.3) is 0 Å². The zero-order valence-electron chi connectivity index (χ0n) is 9.24. The van der Waals surface area contributed by atoms with Gasteiger partial charge in [0.15, 0.2) is 0 Å². The van der Waals surface area contributed by atoms with Crippen LogP contribution in [0.2, 0.25) is 0 Å². The number of rotatable bonds is 1. The topological polar surface area (TPSA) is 32.3 Å². The zero-order valence-corrected chi connectivity index (χ0v) is 9.24. The van der Waals surface area contributed by atoms with Gasteiger partial charge in [-0.3, -0.25) is 4.79 Å². The molecule has 84 valence electrons. The molecule has 2 heterocycles. The fourth-order valence-electron chi connectivity index (χ4n) is 3.27. The number of amides is 1. The minimum absolute atomic E-state index is 0.151. The van der Waals surface area contributed by atoms with Gasteiger partial charge < -0.3 is 10.2 Å². The molecule has 3 heteroatoms. The summed E-state index contributed by atoms with van der Waals surface area (Å²) >= 11 is 0. The van der Waals surface area contributed by atoms with Crippen LogP contribution < -0.4 is 5.32 Å². The minimum Gasteiger partial charge on any atom is -0.341 e. The van der Waals surface area contributed by atoms with E-state index in [0.717, 1.165) is 25.4 Å². The second kappa shape index (κ2) is 3.78. The van der Waals surface area contributed by atoms with Crippen LogP contribution >= 0.6 is 0 Å². The number of hydrogen-bond acceptors (Lipinski definition) is 2. The molecule has 2 aliphatic heterocycles. The van der Waals surface area contributed by atoms with Crippen molar-refractivity contribution < 1.29 is 4.79 Å². The number of nitrogens with zero attached hydrogens (tertiary/aromatic N) is 1. The molecule has 0 aromatic carbocycles. The van der Waals surface area contributed by atoms with Crippen LogP contribution in [0.5, 0.6) is 0 Å². The first-order valence-corrected chi connectivity index (χ1v) is 6.39. The number of likely N-dealkylation sites (tertiary alicyclic amines) is 1. The molecule has 1 amide bonds. The summed E-state index contributed by atoms with van der Waals surface area (Å²) in [7, 11) is 0. The Kier molecular flexibility index (Phi) is 2.43. The van der Waals surface area contributed by atoms with Crippen LogP contribution in [0.25, 0.3) is 0 Å². The lowest BCUT2D eigenvalue weighted by atomic mass is 9.85. The quantitative estimate of drug-likeness (QED) is 0.701. The van der Waals surface area contributed by atoms with Gasteiger partial charge in [0.1, 0.15) is 0 Å². The number of nitrogens with one attached hydrogen (secondary N) is 1. The van der Waals surface area contributed by atoms with E-state index in [9.17, 15) is 4.79 Å². The Bertz CT molecular complexity index is 248. The first kappa shape index (κ1) is 9.64. The van der Waals surface area contributed by atoms with E-state index >= 15 is 0 Å². The van der Waals surface area contributed by atoms with Gasteiger partial charge in [-0.1, -0.05) is 12.8 Å². The molecular formula is C12H20N2O. The van der Waals surface area contributed by atoms with Crippen molar-refractivity contribution in [2.75, 3.05) is 13.1 Å². The van der Waals surface area contributed by atoms with Crippen molar-refractivity contribution in [3.63, 3.8) is 0 Å². The van der Waals surface area contributed by atoms with Crippen molar-refractivity contribution >= 4 is 5.91 Å². The SMILES string of the molecule is O=C(C1CC2CCCCC2N1)N1CCC1. The van der Waals surface area contributed by atoms with Gasteiger partial charge in [0.05, 0.1) is 6.04 Å². The summed E-state index contributed by atoms with van der Waals surface area (Å²) < 4.78 is 0. The third-order valence-corrected chi connectivity index (χ3v) is 4.33. The molecule has 0 aromatic rings. The number of carbonyl (C=O) groups is 1. The van der Waals surface area contributed by atoms with Gasteiger partial charge in [0.2, 0.25) is 5.91 Å². The van der Waals surface area contributed by atoms with E-state index in [0.29, 0.717) is 11.9 Å². The third-order valence-electron chi connectivity index (χ3n) is 4.33. The van der Waals surface area contributed by atoms with Crippen LogP contribution in [0.15, 0.2) is 0 Å². The maximum Gasteiger partial charge on any atom is 0.239 e. The lowest BCUT2D eigenvalue weighted by Gasteiger charge is -2.33. The van der Waals surface area contributed by atoms with Gasteiger partial charge in [-0.25, -0.2) is 0 Å². The minimum atomic E-state index is 0.151. The lowest BCUT2D eigenvalue weighted by Crippen LogP contribution is -2.50. The first-order valence-electron chi connectivity index (χ1n) is 6.39. The number of fused-ring (bicyclic) bond motifs is 1. The van der Waals surface area contributed by atoms with Crippen molar-refractivity contribution in [1.29, 1.82) is 0 Å². The summed E-state index contributed by atoms with van der Waals surface area (Å²) in [4.78, 5) is 14.0. The Balaban J connectivity index is 1.61. The monoisotopic (exact) mass is 208 g/mol. The van der Waals surface area contributed by atoms with Crippen molar-refractivity contribution in [2.45, 2.75) is 50.6 Å². The van der Waals surface area contributed by atoms with Gasteiger partial charge in [-0.15, -0.1) is 0 Å². The summed E-state index contributed by atoms with van der Waals surface area (Å²) in [6, 6.07) is 0.798. The van der Waals surface area contributed by atoms with Crippen molar-refractivity contribution in [3.05, 3.63) is 0 Å². The van der Waals surface area contributed by atoms with E-state index in [-0.39, 0.29) is 6.04 Å². The highest BCUT2D eigenvalue weighted by Crippen LogP contribution is 2.33. The molecule has 3 aliphatic rings. The average Bonchev–Trinajstić information content (AvgIpc) is 2.58. The normalized spacial score (nSPS) is 39.7. The third kappa shape index (κ3) is 1.67. The maximum atomic E-state index is 12.0. The van der Waals surface area contributed by atoms with E-state index in [1.807, 2.05) is 4.90 Å². The molecule has 0 aromatic heterocycles. The molecule has 15 heavy (non-hydrogen) atoms. The molecule has 2 saturated heterocycles.